The number of hydrogen-bond donors (Lipinski definition) is 1. The summed E-state index contributed by atoms with van der Waals surface area (Å²) in [5.74, 6) is 1.80. The van der Waals surface area contributed by atoms with Crippen LogP contribution in [0.15, 0.2) is 48.5 Å². The molecule has 0 spiro atoms. The summed E-state index contributed by atoms with van der Waals surface area (Å²) in [6.07, 6.45) is 1.24. The van der Waals surface area contributed by atoms with Crippen LogP contribution in [0.4, 0.5) is 5.69 Å². The van der Waals surface area contributed by atoms with Crippen LogP contribution in [0, 0.1) is 0 Å². The first-order valence-electron chi connectivity index (χ1n) is 9.02. The van der Waals surface area contributed by atoms with Crippen LogP contribution in [-0.2, 0) is 11.3 Å². The third kappa shape index (κ3) is 6.67. The predicted molar refractivity (Wildman–Crippen MR) is 103 cm³/mol. The molecule has 0 aliphatic rings. The number of ether oxygens (including phenoxy) is 3. The lowest BCUT2D eigenvalue weighted by molar-refractivity contribution is 0.110. The van der Waals surface area contributed by atoms with Crippen molar-refractivity contribution in [1.82, 2.24) is 0 Å². The maximum atomic E-state index is 5.82. The maximum absolute atomic E-state index is 5.82. The molecule has 1 N–H and O–H groups in total. The Morgan fingerprint density at radius 2 is 1.72 bits per heavy atom. The Bertz CT molecular complexity index is 613. The molecule has 0 saturated heterocycles. The average molecular weight is 343 g/mol. The Morgan fingerprint density at radius 1 is 0.960 bits per heavy atom. The predicted octanol–water partition coefficient (Wildman–Crippen LogP) is 4.89. The number of rotatable bonds is 11. The van der Waals surface area contributed by atoms with E-state index in [4.69, 9.17) is 14.2 Å². The Morgan fingerprint density at radius 3 is 2.44 bits per heavy atom. The lowest BCUT2D eigenvalue weighted by atomic mass is 10.2. The lowest BCUT2D eigenvalue weighted by Gasteiger charge is -2.14. The third-order valence-electron chi connectivity index (χ3n) is 3.91. The molecule has 4 nitrogen and oxygen atoms in total. The molecule has 2 aromatic carbocycles. The molecule has 0 aliphatic carbocycles. The molecule has 1 atom stereocenters. The van der Waals surface area contributed by atoms with E-state index in [0.717, 1.165) is 29.2 Å². The SMILES string of the molecule is CCOCCOc1ccccc1CNc1ccc(O[C@H](C)CC)cc1. The van der Waals surface area contributed by atoms with E-state index in [0.29, 0.717) is 26.4 Å². The van der Waals surface area contributed by atoms with Crippen molar-refractivity contribution in [2.24, 2.45) is 0 Å². The highest BCUT2D eigenvalue weighted by molar-refractivity contribution is 5.48. The Kier molecular flexibility index (Phi) is 8.13. The first-order chi connectivity index (χ1) is 12.2. The number of benzene rings is 2. The third-order valence-corrected chi connectivity index (χ3v) is 3.91. The smallest absolute Gasteiger partial charge is 0.124 e. The number of hydrogen-bond acceptors (Lipinski definition) is 4. The molecule has 4 heteroatoms. The van der Waals surface area contributed by atoms with Gasteiger partial charge in [0.2, 0.25) is 0 Å². The van der Waals surface area contributed by atoms with Crippen molar-refractivity contribution in [2.45, 2.75) is 39.8 Å². The van der Waals surface area contributed by atoms with E-state index < -0.39 is 0 Å². The summed E-state index contributed by atoms with van der Waals surface area (Å²) < 4.78 is 16.9. The fraction of sp³-hybridized carbons (Fsp3) is 0.429. The summed E-state index contributed by atoms with van der Waals surface area (Å²) in [4.78, 5) is 0. The monoisotopic (exact) mass is 343 g/mol. The number of para-hydroxylation sites is 1. The second-order valence-corrected chi connectivity index (χ2v) is 5.87. The van der Waals surface area contributed by atoms with E-state index in [9.17, 15) is 0 Å². The van der Waals surface area contributed by atoms with Gasteiger partial charge in [0.1, 0.15) is 18.1 Å². The molecule has 0 amide bonds. The van der Waals surface area contributed by atoms with Crippen molar-refractivity contribution < 1.29 is 14.2 Å². The van der Waals surface area contributed by atoms with Crippen LogP contribution in [-0.4, -0.2) is 25.9 Å². The summed E-state index contributed by atoms with van der Waals surface area (Å²) in [7, 11) is 0. The molecule has 0 unspecified atom stereocenters. The minimum Gasteiger partial charge on any atom is -0.491 e. The fourth-order valence-corrected chi connectivity index (χ4v) is 2.31. The fourth-order valence-electron chi connectivity index (χ4n) is 2.31. The summed E-state index contributed by atoms with van der Waals surface area (Å²) in [6, 6.07) is 16.1. The first kappa shape index (κ1) is 19.1. The molecule has 2 rings (SSSR count). The normalized spacial score (nSPS) is 11.8. The molecule has 25 heavy (non-hydrogen) atoms. The van der Waals surface area contributed by atoms with Crippen LogP contribution in [0.5, 0.6) is 11.5 Å². The minimum atomic E-state index is 0.236. The summed E-state index contributed by atoms with van der Waals surface area (Å²) in [5.41, 5.74) is 2.18. The van der Waals surface area contributed by atoms with Crippen LogP contribution in [0.2, 0.25) is 0 Å². The molecule has 2 aromatic rings. The van der Waals surface area contributed by atoms with Gasteiger partial charge in [0.15, 0.2) is 0 Å². The number of anilines is 1. The van der Waals surface area contributed by atoms with Gasteiger partial charge in [0, 0.05) is 24.4 Å². The highest BCUT2D eigenvalue weighted by Gasteiger charge is 2.04. The van der Waals surface area contributed by atoms with E-state index in [1.54, 1.807) is 0 Å². The van der Waals surface area contributed by atoms with E-state index >= 15 is 0 Å². The Labute approximate surface area is 151 Å². The Balaban J connectivity index is 1.88. The Hall–Kier alpha value is -2.20. The maximum Gasteiger partial charge on any atom is 0.124 e. The second-order valence-electron chi connectivity index (χ2n) is 5.87. The molecule has 0 aromatic heterocycles. The van der Waals surface area contributed by atoms with Gasteiger partial charge < -0.3 is 19.5 Å². The van der Waals surface area contributed by atoms with Gasteiger partial charge in [0.05, 0.1) is 12.7 Å². The standard InChI is InChI=1S/C21H29NO3/c1-4-17(3)25-20-12-10-19(11-13-20)22-16-18-8-6-7-9-21(18)24-15-14-23-5-2/h6-13,17,22H,4-5,14-16H2,1-3H3/t17-/m1/s1. The molecule has 0 saturated carbocycles. The summed E-state index contributed by atoms with van der Waals surface area (Å²) >= 11 is 0. The van der Waals surface area contributed by atoms with Crippen LogP contribution in [0.25, 0.3) is 0 Å². The van der Waals surface area contributed by atoms with Gasteiger partial charge in [-0.3, -0.25) is 0 Å². The lowest BCUT2D eigenvalue weighted by Crippen LogP contribution is -2.10. The van der Waals surface area contributed by atoms with Crippen LogP contribution in [0.1, 0.15) is 32.8 Å². The molecular formula is C21H29NO3. The van der Waals surface area contributed by atoms with E-state index in [1.807, 2.05) is 49.4 Å². The number of nitrogens with one attached hydrogen (secondary N) is 1. The van der Waals surface area contributed by atoms with Gasteiger partial charge in [-0.1, -0.05) is 25.1 Å². The van der Waals surface area contributed by atoms with Gasteiger partial charge in [-0.05, 0) is 50.6 Å². The summed E-state index contributed by atoms with van der Waals surface area (Å²) in [5, 5.41) is 3.43. The summed E-state index contributed by atoms with van der Waals surface area (Å²) in [6.45, 7) is 8.77. The van der Waals surface area contributed by atoms with Crippen LogP contribution < -0.4 is 14.8 Å². The largest absolute Gasteiger partial charge is 0.491 e. The molecule has 0 heterocycles. The molecule has 0 fully saturated rings. The van der Waals surface area contributed by atoms with Gasteiger partial charge >= 0.3 is 0 Å². The average Bonchev–Trinajstić information content (AvgIpc) is 2.65. The van der Waals surface area contributed by atoms with Crippen LogP contribution >= 0.6 is 0 Å². The van der Waals surface area contributed by atoms with Gasteiger partial charge in [0.25, 0.3) is 0 Å². The minimum absolute atomic E-state index is 0.236. The van der Waals surface area contributed by atoms with Gasteiger partial charge in [-0.25, -0.2) is 0 Å². The van der Waals surface area contributed by atoms with Crippen molar-refractivity contribution >= 4 is 5.69 Å². The second kappa shape index (κ2) is 10.6. The molecule has 0 aliphatic heterocycles. The zero-order chi connectivity index (χ0) is 17.9. The van der Waals surface area contributed by atoms with Gasteiger partial charge in [-0.2, -0.15) is 0 Å². The quantitative estimate of drug-likeness (QED) is 0.590. The zero-order valence-electron chi connectivity index (χ0n) is 15.5. The van der Waals surface area contributed by atoms with Crippen LogP contribution in [0.3, 0.4) is 0 Å². The van der Waals surface area contributed by atoms with Crippen molar-refractivity contribution in [3.63, 3.8) is 0 Å². The van der Waals surface area contributed by atoms with Gasteiger partial charge in [-0.15, -0.1) is 0 Å². The highest BCUT2D eigenvalue weighted by atomic mass is 16.5. The molecule has 136 valence electrons. The molecule has 0 radical (unpaired) electrons. The van der Waals surface area contributed by atoms with E-state index in [-0.39, 0.29) is 6.10 Å². The van der Waals surface area contributed by atoms with Crippen molar-refractivity contribution in [3.8, 4) is 11.5 Å². The van der Waals surface area contributed by atoms with Crippen molar-refractivity contribution in [2.75, 3.05) is 25.1 Å². The highest BCUT2D eigenvalue weighted by Crippen LogP contribution is 2.21. The molecule has 0 bridgehead atoms. The topological polar surface area (TPSA) is 39.7 Å². The van der Waals surface area contributed by atoms with Crippen molar-refractivity contribution in [1.29, 1.82) is 0 Å². The first-order valence-corrected chi connectivity index (χ1v) is 9.02. The van der Waals surface area contributed by atoms with Crippen molar-refractivity contribution in [3.05, 3.63) is 54.1 Å². The zero-order valence-corrected chi connectivity index (χ0v) is 15.5. The molecular weight excluding hydrogens is 314 g/mol. The van der Waals surface area contributed by atoms with E-state index in [2.05, 4.69) is 25.2 Å². The van der Waals surface area contributed by atoms with E-state index in [1.165, 1.54) is 0 Å².